The summed E-state index contributed by atoms with van der Waals surface area (Å²) in [6.07, 6.45) is 1.89. The van der Waals surface area contributed by atoms with Crippen LogP contribution in [0.2, 0.25) is 0 Å². The SMILES string of the molecule is Cc1cnc(-c2ccccc2)n1C1CN(C(=O)Nc2ccc3c(c2)OCCO3)C1. The van der Waals surface area contributed by atoms with E-state index in [-0.39, 0.29) is 12.1 Å². The van der Waals surface area contributed by atoms with Gasteiger partial charge in [-0.1, -0.05) is 30.3 Å². The number of fused-ring (bicyclic) bond motifs is 1. The Morgan fingerprint density at radius 1 is 1.07 bits per heavy atom. The van der Waals surface area contributed by atoms with Gasteiger partial charge < -0.3 is 24.3 Å². The summed E-state index contributed by atoms with van der Waals surface area (Å²) in [5, 5.41) is 2.95. The van der Waals surface area contributed by atoms with Crippen molar-refractivity contribution in [1.82, 2.24) is 14.5 Å². The van der Waals surface area contributed by atoms with Crippen molar-refractivity contribution in [3.05, 3.63) is 60.4 Å². The highest BCUT2D eigenvalue weighted by molar-refractivity contribution is 5.90. The van der Waals surface area contributed by atoms with Crippen molar-refractivity contribution >= 4 is 11.7 Å². The minimum absolute atomic E-state index is 0.114. The smallest absolute Gasteiger partial charge is 0.321 e. The first-order chi connectivity index (χ1) is 14.2. The number of aryl methyl sites for hydroxylation is 1. The first-order valence-electron chi connectivity index (χ1n) is 9.74. The maximum absolute atomic E-state index is 12.6. The summed E-state index contributed by atoms with van der Waals surface area (Å²) in [6.45, 7) is 4.41. The molecule has 2 aliphatic rings. The fraction of sp³-hybridized carbons (Fsp3) is 0.273. The summed E-state index contributed by atoms with van der Waals surface area (Å²) < 4.78 is 13.3. The third kappa shape index (κ3) is 3.29. The van der Waals surface area contributed by atoms with E-state index in [4.69, 9.17) is 9.47 Å². The minimum Gasteiger partial charge on any atom is -0.486 e. The van der Waals surface area contributed by atoms with Crippen LogP contribution < -0.4 is 14.8 Å². The Morgan fingerprint density at radius 2 is 1.83 bits per heavy atom. The molecular formula is C22H22N4O3. The average Bonchev–Trinajstić information content (AvgIpc) is 3.09. The molecule has 148 valence electrons. The van der Waals surface area contributed by atoms with Crippen LogP contribution in [0, 0.1) is 6.92 Å². The van der Waals surface area contributed by atoms with E-state index in [0.717, 1.165) is 17.1 Å². The number of benzene rings is 2. The third-order valence-corrected chi connectivity index (χ3v) is 5.32. The third-order valence-electron chi connectivity index (χ3n) is 5.32. The van der Waals surface area contributed by atoms with Gasteiger partial charge in [0.05, 0.1) is 6.04 Å². The Hall–Kier alpha value is -3.48. The summed E-state index contributed by atoms with van der Waals surface area (Å²) in [5.41, 5.74) is 2.88. The van der Waals surface area contributed by atoms with Gasteiger partial charge in [-0.15, -0.1) is 0 Å². The number of amides is 2. The van der Waals surface area contributed by atoms with Gasteiger partial charge in [0, 0.05) is 42.3 Å². The molecule has 0 spiro atoms. The van der Waals surface area contributed by atoms with Crippen molar-refractivity contribution in [2.45, 2.75) is 13.0 Å². The number of likely N-dealkylation sites (tertiary alicyclic amines) is 1. The van der Waals surface area contributed by atoms with Crippen LogP contribution in [0.15, 0.2) is 54.7 Å². The molecule has 7 nitrogen and oxygen atoms in total. The van der Waals surface area contributed by atoms with Gasteiger partial charge in [-0.25, -0.2) is 9.78 Å². The number of ether oxygens (including phenoxy) is 2. The van der Waals surface area contributed by atoms with Crippen molar-refractivity contribution < 1.29 is 14.3 Å². The molecule has 7 heteroatoms. The Labute approximate surface area is 168 Å². The molecule has 0 radical (unpaired) electrons. The first-order valence-corrected chi connectivity index (χ1v) is 9.74. The van der Waals surface area contributed by atoms with E-state index >= 15 is 0 Å². The number of nitrogens with zero attached hydrogens (tertiary/aromatic N) is 3. The number of imidazole rings is 1. The van der Waals surface area contributed by atoms with Crippen molar-refractivity contribution in [2.24, 2.45) is 0 Å². The Morgan fingerprint density at radius 3 is 2.62 bits per heavy atom. The van der Waals surface area contributed by atoms with Gasteiger partial charge in [-0.3, -0.25) is 0 Å². The standard InChI is InChI=1S/C22H22N4O3/c1-15-12-23-21(16-5-3-2-4-6-16)26(15)18-13-25(14-18)22(27)24-17-7-8-19-20(11-17)29-10-9-28-19/h2-8,11-12,18H,9-10,13-14H2,1H3,(H,24,27). The number of hydrogen-bond donors (Lipinski definition) is 1. The van der Waals surface area contributed by atoms with E-state index in [0.29, 0.717) is 43.5 Å². The Bertz CT molecular complexity index is 1040. The number of aromatic nitrogens is 2. The summed E-state index contributed by atoms with van der Waals surface area (Å²) in [5.74, 6) is 2.32. The topological polar surface area (TPSA) is 68.6 Å². The second kappa shape index (κ2) is 7.16. The summed E-state index contributed by atoms with van der Waals surface area (Å²) in [4.78, 5) is 19.0. The quantitative estimate of drug-likeness (QED) is 0.740. The van der Waals surface area contributed by atoms with E-state index in [1.165, 1.54) is 0 Å². The molecule has 29 heavy (non-hydrogen) atoms. The van der Waals surface area contributed by atoms with Gasteiger partial charge in [0.15, 0.2) is 11.5 Å². The highest BCUT2D eigenvalue weighted by Gasteiger charge is 2.34. The molecule has 1 fully saturated rings. The molecule has 1 aromatic heterocycles. The van der Waals surface area contributed by atoms with Crippen molar-refractivity contribution in [2.75, 3.05) is 31.6 Å². The molecule has 2 amide bonds. The molecule has 1 saturated heterocycles. The number of nitrogens with one attached hydrogen (secondary N) is 1. The van der Waals surface area contributed by atoms with Gasteiger partial charge in [0.1, 0.15) is 19.0 Å². The average molecular weight is 390 g/mol. The zero-order valence-corrected chi connectivity index (χ0v) is 16.2. The Balaban J connectivity index is 1.26. The van der Waals surface area contributed by atoms with Crippen LogP contribution in [-0.4, -0.2) is 46.8 Å². The molecule has 1 N–H and O–H groups in total. The van der Waals surface area contributed by atoms with Gasteiger partial charge in [0.25, 0.3) is 0 Å². The number of carbonyl (C=O) groups excluding carboxylic acids is 1. The first kappa shape index (κ1) is 17.6. The van der Waals surface area contributed by atoms with Gasteiger partial charge in [-0.05, 0) is 19.1 Å². The lowest BCUT2D eigenvalue weighted by Gasteiger charge is -2.41. The Kier molecular flexibility index (Phi) is 4.35. The lowest BCUT2D eigenvalue weighted by atomic mass is 10.1. The lowest BCUT2D eigenvalue weighted by Crippen LogP contribution is -2.52. The molecule has 2 aromatic carbocycles. The normalized spacial score (nSPS) is 15.7. The zero-order valence-electron chi connectivity index (χ0n) is 16.2. The summed E-state index contributed by atoms with van der Waals surface area (Å²) >= 11 is 0. The summed E-state index contributed by atoms with van der Waals surface area (Å²) in [6, 6.07) is 15.7. The number of hydrogen-bond acceptors (Lipinski definition) is 4. The van der Waals surface area contributed by atoms with E-state index in [1.807, 2.05) is 36.5 Å². The number of anilines is 1. The zero-order chi connectivity index (χ0) is 19.8. The van der Waals surface area contributed by atoms with Crippen molar-refractivity contribution in [1.29, 1.82) is 0 Å². The molecule has 0 bridgehead atoms. The molecule has 3 heterocycles. The second-order valence-electron chi connectivity index (χ2n) is 7.31. The van der Waals surface area contributed by atoms with Crippen LogP contribution in [0.4, 0.5) is 10.5 Å². The fourth-order valence-corrected chi connectivity index (χ4v) is 3.82. The van der Waals surface area contributed by atoms with Crippen LogP contribution in [0.25, 0.3) is 11.4 Å². The fourth-order valence-electron chi connectivity index (χ4n) is 3.82. The van der Waals surface area contributed by atoms with Crippen LogP contribution >= 0.6 is 0 Å². The summed E-state index contributed by atoms with van der Waals surface area (Å²) in [7, 11) is 0. The molecule has 5 rings (SSSR count). The highest BCUT2D eigenvalue weighted by Crippen LogP contribution is 2.33. The van der Waals surface area contributed by atoms with Crippen LogP contribution in [0.5, 0.6) is 11.5 Å². The highest BCUT2D eigenvalue weighted by atomic mass is 16.6. The predicted molar refractivity (Wildman–Crippen MR) is 109 cm³/mol. The van der Waals surface area contributed by atoms with Crippen molar-refractivity contribution in [3.63, 3.8) is 0 Å². The second-order valence-corrected chi connectivity index (χ2v) is 7.31. The largest absolute Gasteiger partial charge is 0.486 e. The lowest BCUT2D eigenvalue weighted by molar-refractivity contribution is 0.135. The molecule has 0 unspecified atom stereocenters. The number of rotatable bonds is 3. The number of urea groups is 1. The van der Waals surface area contributed by atoms with Gasteiger partial charge >= 0.3 is 6.03 Å². The van der Waals surface area contributed by atoms with E-state index in [2.05, 4.69) is 33.9 Å². The molecule has 0 aliphatic carbocycles. The van der Waals surface area contributed by atoms with Crippen LogP contribution in [-0.2, 0) is 0 Å². The molecule has 0 saturated carbocycles. The molecular weight excluding hydrogens is 368 g/mol. The van der Waals surface area contributed by atoms with Crippen LogP contribution in [0.3, 0.4) is 0 Å². The monoisotopic (exact) mass is 390 g/mol. The van der Waals surface area contributed by atoms with Crippen molar-refractivity contribution in [3.8, 4) is 22.9 Å². The van der Waals surface area contributed by atoms with Gasteiger partial charge in [-0.2, -0.15) is 0 Å². The van der Waals surface area contributed by atoms with E-state index < -0.39 is 0 Å². The van der Waals surface area contributed by atoms with Gasteiger partial charge in [0.2, 0.25) is 0 Å². The van der Waals surface area contributed by atoms with E-state index in [9.17, 15) is 4.79 Å². The molecule has 3 aromatic rings. The van der Waals surface area contributed by atoms with E-state index in [1.54, 1.807) is 11.0 Å². The molecule has 0 atom stereocenters. The minimum atomic E-state index is -0.114. The maximum Gasteiger partial charge on any atom is 0.321 e. The number of carbonyl (C=O) groups is 1. The maximum atomic E-state index is 12.6. The molecule has 2 aliphatic heterocycles. The predicted octanol–water partition coefficient (Wildman–Crippen LogP) is 3.72. The van der Waals surface area contributed by atoms with Crippen LogP contribution in [0.1, 0.15) is 11.7 Å².